The molecule has 0 saturated heterocycles. The van der Waals surface area contributed by atoms with Gasteiger partial charge in [0.15, 0.2) is 0 Å². The van der Waals surface area contributed by atoms with Crippen molar-refractivity contribution in [2.75, 3.05) is 13.2 Å². The van der Waals surface area contributed by atoms with Gasteiger partial charge < -0.3 is 10.5 Å². The van der Waals surface area contributed by atoms with Crippen LogP contribution in [-0.4, -0.2) is 18.8 Å². The van der Waals surface area contributed by atoms with Crippen molar-refractivity contribution in [3.8, 4) is 0 Å². The molecule has 2 nitrogen and oxygen atoms in total. The van der Waals surface area contributed by atoms with Gasteiger partial charge in [-0.3, -0.25) is 0 Å². The Morgan fingerprint density at radius 3 is 2.38 bits per heavy atom. The molecule has 1 saturated carbocycles. The quantitative estimate of drug-likeness (QED) is 0.581. The highest BCUT2D eigenvalue weighted by molar-refractivity contribution is 4.96. The summed E-state index contributed by atoms with van der Waals surface area (Å²) in [4.78, 5) is 0. The maximum Gasteiger partial charge on any atom is 0.0806 e. The second kappa shape index (κ2) is 2.03. The van der Waals surface area contributed by atoms with Crippen molar-refractivity contribution >= 4 is 0 Å². The lowest BCUT2D eigenvalue weighted by molar-refractivity contribution is 0.0487. The highest BCUT2D eigenvalue weighted by atomic mass is 16.5. The summed E-state index contributed by atoms with van der Waals surface area (Å²) in [5.74, 6) is 0. The third-order valence-corrected chi connectivity index (χ3v) is 1.63. The summed E-state index contributed by atoms with van der Waals surface area (Å²) in [6.45, 7) is 3.51. The third-order valence-electron chi connectivity index (χ3n) is 1.63. The van der Waals surface area contributed by atoms with Crippen molar-refractivity contribution in [1.29, 1.82) is 0 Å². The van der Waals surface area contributed by atoms with Gasteiger partial charge >= 0.3 is 0 Å². The zero-order valence-electron chi connectivity index (χ0n) is 5.31. The predicted molar refractivity (Wildman–Crippen MR) is 32.6 cm³/mol. The smallest absolute Gasteiger partial charge is 0.0806 e. The number of rotatable bonds is 3. The molecule has 0 heterocycles. The van der Waals surface area contributed by atoms with Crippen LogP contribution < -0.4 is 5.73 Å². The molecule has 0 aliphatic heterocycles. The highest BCUT2D eigenvalue weighted by Crippen LogP contribution is 2.37. The van der Waals surface area contributed by atoms with Crippen LogP contribution in [0.25, 0.3) is 0 Å². The number of hydrogen-bond acceptors (Lipinski definition) is 2. The minimum absolute atomic E-state index is 0.120. The van der Waals surface area contributed by atoms with Crippen LogP contribution in [0.3, 0.4) is 0 Å². The summed E-state index contributed by atoms with van der Waals surface area (Å²) < 4.78 is 5.36. The van der Waals surface area contributed by atoms with Crippen LogP contribution in [-0.2, 0) is 4.74 Å². The van der Waals surface area contributed by atoms with Crippen LogP contribution in [0.2, 0.25) is 0 Å². The summed E-state index contributed by atoms with van der Waals surface area (Å²) >= 11 is 0. The van der Waals surface area contributed by atoms with E-state index in [2.05, 4.69) is 0 Å². The summed E-state index contributed by atoms with van der Waals surface area (Å²) in [6.07, 6.45) is 2.33. The Morgan fingerprint density at radius 1 is 1.62 bits per heavy atom. The molecule has 2 heteroatoms. The first-order valence-electron chi connectivity index (χ1n) is 3.17. The first kappa shape index (κ1) is 6.05. The van der Waals surface area contributed by atoms with Gasteiger partial charge in [-0.05, 0) is 19.8 Å². The molecule has 1 aliphatic rings. The van der Waals surface area contributed by atoms with Gasteiger partial charge in [0.1, 0.15) is 0 Å². The van der Waals surface area contributed by atoms with Crippen LogP contribution in [0.5, 0.6) is 0 Å². The second-order valence-electron chi connectivity index (χ2n) is 2.32. The summed E-state index contributed by atoms with van der Waals surface area (Å²) in [5.41, 5.74) is 5.55. The molecular formula is C6H13NO. The first-order valence-corrected chi connectivity index (χ1v) is 3.17. The molecular weight excluding hydrogens is 102 g/mol. The fourth-order valence-electron chi connectivity index (χ4n) is 0.853. The third kappa shape index (κ3) is 1.01. The van der Waals surface area contributed by atoms with Crippen molar-refractivity contribution in [3.05, 3.63) is 0 Å². The van der Waals surface area contributed by atoms with Crippen LogP contribution in [0.15, 0.2) is 0 Å². The zero-order valence-corrected chi connectivity index (χ0v) is 5.31. The molecule has 48 valence electrons. The van der Waals surface area contributed by atoms with E-state index >= 15 is 0 Å². The normalized spacial score (nSPS) is 23.2. The fraction of sp³-hybridized carbons (Fsp3) is 1.00. The topological polar surface area (TPSA) is 35.2 Å². The molecule has 0 spiro atoms. The Morgan fingerprint density at radius 2 is 2.25 bits per heavy atom. The van der Waals surface area contributed by atoms with Crippen LogP contribution in [0.1, 0.15) is 19.8 Å². The van der Waals surface area contributed by atoms with Crippen LogP contribution >= 0.6 is 0 Å². The van der Waals surface area contributed by atoms with Gasteiger partial charge in [-0.25, -0.2) is 0 Å². The monoisotopic (exact) mass is 115 g/mol. The largest absolute Gasteiger partial charge is 0.374 e. The molecule has 0 aromatic heterocycles. The Balaban J connectivity index is 2.20. The van der Waals surface area contributed by atoms with E-state index in [4.69, 9.17) is 10.5 Å². The molecule has 1 fully saturated rings. The Hall–Kier alpha value is -0.0800. The molecule has 0 aromatic carbocycles. The fourth-order valence-corrected chi connectivity index (χ4v) is 0.853. The first-order chi connectivity index (χ1) is 3.83. The van der Waals surface area contributed by atoms with E-state index in [-0.39, 0.29) is 5.60 Å². The van der Waals surface area contributed by atoms with Crippen molar-refractivity contribution in [2.45, 2.75) is 25.4 Å². The number of hydrogen-bond donors (Lipinski definition) is 1. The zero-order chi connectivity index (χ0) is 6.04. The van der Waals surface area contributed by atoms with E-state index in [1.165, 1.54) is 0 Å². The lowest BCUT2D eigenvalue weighted by Gasteiger charge is -2.10. The highest BCUT2D eigenvalue weighted by Gasteiger charge is 2.41. The van der Waals surface area contributed by atoms with E-state index in [1.54, 1.807) is 0 Å². The van der Waals surface area contributed by atoms with Gasteiger partial charge in [0.2, 0.25) is 0 Å². The number of nitrogens with two attached hydrogens (primary N) is 1. The Bertz CT molecular complexity index is 78.6. The van der Waals surface area contributed by atoms with Crippen molar-refractivity contribution in [3.63, 3.8) is 0 Å². The summed E-state index contributed by atoms with van der Waals surface area (Å²) in [6, 6.07) is 0. The molecule has 8 heavy (non-hydrogen) atoms. The standard InChI is InChI=1S/C6H13NO/c1-2-8-6(5-7)3-4-6/h2-5,7H2,1H3. The molecule has 0 amide bonds. The van der Waals surface area contributed by atoms with Crippen molar-refractivity contribution in [2.24, 2.45) is 5.73 Å². The van der Waals surface area contributed by atoms with Gasteiger partial charge in [-0.2, -0.15) is 0 Å². The average molecular weight is 115 g/mol. The second-order valence-corrected chi connectivity index (χ2v) is 2.32. The van der Waals surface area contributed by atoms with E-state index < -0.39 is 0 Å². The number of ether oxygens (including phenoxy) is 1. The lowest BCUT2D eigenvalue weighted by atomic mass is 10.3. The van der Waals surface area contributed by atoms with E-state index in [0.717, 1.165) is 19.4 Å². The molecule has 1 rings (SSSR count). The van der Waals surface area contributed by atoms with Gasteiger partial charge in [0.05, 0.1) is 5.60 Å². The average Bonchev–Trinajstić information content (AvgIpc) is 2.50. The van der Waals surface area contributed by atoms with Gasteiger partial charge in [-0.15, -0.1) is 0 Å². The summed E-state index contributed by atoms with van der Waals surface area (Å²) in [7, 11) is 0. The Kier molecular flexibility index (Phi) is 1.54. The molecule has 0 aromatic rings. The lowest BCUT2D eigenvalue weighted by Crippen LogP contribution is -2.25. The molecule has 0 atom stereocenters. The summed E-state index contributed by atoms with van der Waals surface area (Å²) in [5, 5.41) is 0. The predicted octanol–water partition coefficient (Wildman–Crippen LogP) is 0.514. The minimum atomic E-state index is 0.120. The van der Waals surface area contributed by atoms with Crippen LogP contribution in [0.4, 0.5) is 0 Å². The molecule has 0 bridgehead atoms. The van der Waals surface area contributed by atoms with Gasteiger partial charge in [0.25, 0.3) is 0 Å². The maximum absolute atomic E-state index is 5.43. The molecule has 2 N–H and O–H groups in total. The van der Waals surface area contributed by atoms with Gasteiger partial charge in [0, 0.05) is 13.2 Å². The van der Waals surface area contributed by atoms with Gasteiger partial charge in [-0.1, -0.05) is 0 Å². The Labute approximate surface area is 50.0 Å². The van der Waals surface area contributed by atoms with Crippen LogP contribution in [0, 0.1) is 0 Å². The van der Waals surface area contributed by atoms with Crippen molar-refractivity contribution in [1.82, 2.24) is 0 Å². The molecule has 0 radical (unpaired) electrons. The molecule has 1 aliphatic carbocycles. The van der Waals surface area contributed by atoms with E-state index in [0.29, 0.717) is 6.54 Å². The SMILES string of the molecule is CCOC1(CN)CC1. The van der Waals surface area contributed by atoms with E-state index in [9.17, 15) is 0 Å². The minimum Gasteiger partial charge on any atom is -0.374 e. The van der Waals surface area contributed by atoms with E-state index in [1.807, 2.05) is 6.92 Å². The van der Waals surface area contributed by atoms with Crippen molar-refractivity contribution < 1.29 is 4.74 Å². The maximum atomic E-state index is 5.43. The molecule has 0 unspecified atom stereocenters.